The summed E-state index contributed by atoms with van der Waals surface area (Å²) in [6.45, 7) is 18.0. The Morgan fingerprint density at radius 3 is 1.36 bits per heavy atom. The summed E-state index contributed by atoms with van der Waals surface area (Å²) >= 11 is 0. The third kappa shape index (κ3) is 5.61. The maximum Gasteiger partial charge on any atom is 0.240 e. The molecule has 0 radical (unpaired) electrons. The molecule has 0 bridgehead atoms. The molecule has 2 aromatic carbocycles. The summed E-state index contributed by atoms with van der Waals surface area (Å²) in [5.74, 6) is 1.92. The van der Waals surface area contributed by atoms with Crippen molar-refractivity contribution in [1.82, 2.24) is 0 Å². The van der Waals surface area contributed by atoms with Crippen LogP contribution in [0.1, 0.15) is 101 Å². The number of benzene rings is 2. The molecule has 0 aliphatic carbocycles. The molecule has 28 heavy (non-hydrogen) atoms. The normalized spacial score (nSPS) is 11.7. The standard InChI is InChI=1S/C25H36N2.ClH/c1-16(2)20-11-9-12-21(17(3)4)24(20)26-15-27-25-22(18(5)6)13-10-14-23(25)19(7)8;/h9-19H,1-8H3,(H,26,27);1H. The first kappa shape index (κ1) is 24.2. The molecule has 0 atom stereocenters. The number of para-hydroxylation sites is 2. The van der Waals surface area contributed by atoms with Crippen LogP contribution in [-0.2, 0) is 0 Å². The Morgan fingerprint density at radius 2 is 1.00 bits per heavy atom. The van der Waals surface area contributed by atoms with Gasteiger partial charge < -0.3 is 12.4 Å². The molecule has 2 rings (SSSR count). The number of anilines is 1. The second-order valence-electron chi connectivity index (χ2n) is 8.67. The number of halogens is 1. The van der Waals surface area contributed by atoms with E-state index >= 15 is 0 Å². The summed E-state index contributed by atoms with van der Waals surface area (Å²) in [6, 6.07) is 13.3. The number of hydrogen-bond donors (Lipinski definition) is 2. The van der Waals surface area contributed by atoms with E-state index in [1.165, 1.54) is 33.6 Å². The molecule has 0 saturated carbocycles. The van der Waals surface area contributed by atoms with Crippen molar-refractivity contribution in [2.45, 2.75) is 79.1 Å². The molecule has 0 aliphatic heterocycles. The average Bonchev–Trinajstić information content (AvgIpc) is 2.61. The molecule has 0 spiro atoms. The van der Waals surface area contributed by atoms with E-state index in [-0.39, 0.29) is 12.4 Å². The lowest BCUT2D eigenvalue weighted by atomic mass is 9.92. The van der Waals surface area contributed by atoms with Gasteiger partial charge in [-0.1, -0.05) is 91.8 Å². The van der Waals surface area contributed by atoms with E-state index in [9.17, 15) is 0 Å². The minimum Gasteiger partial charge on any atom is -1.00 e. The largest absolute Gasteiger partial charge is 1.00 e. The lowest BCUT2D eigenvalue weighted by Crippen LogP contribution is -3.00. The summed E-state index contributed by atoms with van der Waals surface area (Å²) in [6.07, 6.45) is 2.01. The molecule has 0 amide bonds. The van der Waals surface area contributed by atoms with E-state index in [1.807, 2.05) is 6.34 Å². The monoisotopic (exact) mass is 400 g/mol. The Kier molecular flexibility index (Phi) is 9.23. The van der Waals surface area contributed by atoms with Gasteiger partial charge in [-0.15, -0.1) is 0 Å². The molecule has 3 heteroatoms. The van der Waals surface area contributed by atoms with Crippen LogP contribution in [0.15, 0.2) is 36.4 Å². The zero-order valence-electron chi connectivity index (χ0n) is 18.7. The zero-order valence-corrected chi connectivity index (χ0v) is 19.5. The summed E-state index contributed by atoms with van der Waals surface area (Å²) in [4.78, 5) is 3.59. The van der Waals surface area contributed by atoms with Crippen molar-refractivity contribution in [3.8, 4) is 0 Å². The van der Waals surface area contributed by atoms with Crippen molar-refractivity contribution in [3.63, 3.8) is 0 Å². The van der Waals surface area contributed by atoms with E-state index in [0.717, 1.165) is 0 Å². The van der Waals surface area contributed by atoms with Crippen LogP contribution in [0.5, 0.6) is 0 Å². The van der Waals surface area contributed by atoms with E-state index in [0.29, 0.717) is 23.7 Å². The molecule has 2 N–H and O–H groups in total. The molecule has 2 nitrogen and oxygen atoms in total. The van der Waals surface area contributed by atoms with Gasteiger partial charge >= 0.3 is 0 Å². The molecule has 0 saturated heterocycles. The van der Waals surface area contributed by atoms with Crippen molar-refractivity contribution in [2.24, 2.45) is 0 Å². The minimum absolute atomic E-state index is 0. The van der Waals surface area contributed by atoms with Gasteiger partial charge in [0.15, 0.2) is 0 Å². The van der Waals surface area contributed by atoms with Gasteiger partial charge in [0.05, 0.1) is 0 Å². The second kappa shape index (κ2) is 10.7. The molecule has 0 unspecified atom stereocenters. The van der Waals surface area contributed by atoms with Gasteiger partial charge in [-0.25, -0.2) is 10.3 Å². The fourth-order valence-corrected chi connectivity index (χ4v) is 3.62. The van der Waals surface area contributed by atoms with Crippen LogP contribution < -0.4 is 22.7 Å². The Morgan fingerprint density at radius 1 is 0.643 bits per heavy atom. The van der Waals surface area contributed by atoms with Gasteiger partial charge in [-0.05, 0) is 23.7 Å². The van der Waals surface area contributed by atoms with Crippen LogP contribution in [0.25, 0.3) is 0 Å². The van der Waals surface area contributed by atoms with E-state index < -0.39 is 0 Å². The minimum atomic E-state index is 0. The fourth-order valence-electron chi connectivity index (χ4n) is 3.62. The third-order valence-corrected chi connectivity index (χ3v) is 5.18. The van der Waals surface area contributed by atoms with Crippen molar-refractivity contribution in [3.05, 3.63) is 58.7 Å². The van der Waals surface area contributed by atoms with Crippen molar-refractivity contribution in [2.75, 3.05) is 5.32 Å². The van der Waals surface area contributed by atoms with Crippen molar-refractivity contribution in [1.29, 1.82) is 0 Å². The average molecular weight is 401 g/mol. The van der Waals surface area contributed by atoms with Gasteiger partial charge in [0.25, 0.3) is 0 Å². The van der Waals surface area contributed by atoms with Crippen LogP contribution in [-0.4, -0.2) is 6.34 Å². The lowest BCUT2D eigenvalue weighted by molar-refractivity contribution is -0.349. The molecule has 0 aliphatic rings. The van der Waals surface area contributed by atoms with Gasteiger partial charge in [-0.2, -0.15) is 0 Å². The van der Waals surface area contributed by atoms with Crippen molar-refractivity contribution < 1.29 is 17.4 Å². The Balaban J connectivity index is 0.00000392. The predicted molar refractivity (Wildman–Crippen MR) is 120 cm³/mol. The van der Waals surface area contributed by atoms with E-state index in [2.05, 4.69) is 102 Å². The smallest absolute Gasteiger partial charge is 0.240 e. The van der Waals surface area contributed by atoms with Crippen LogP contribution in [0.4, 0.5) is 11.4 Å². The topological polar surface area (TPSA) is 26.0 Å². The number of nitrogens with one attached hydrogen (secondary N) is 2. The lowest BCUT2D eigenvalue weighted by Gasteiger charge is -2.16. The summed E-state index contributed by atoms with van der Waals surface area (Å²) < 4.78 is 0. The molecule has 2 aromatic rings. The highest BCUT2D eigenvalue weighted by molar-refractivity contribution is 5.77. The number of hydrogen-bond acceptors (Lipinski definition) is 0. The van der Waals surface area contributed by atoms with Gasteiger partial charge in [0, 0.05) is 22.3 Å². The summed E-state index contributed by atoms with van der Waals surface area (Å²) in [5.41, 5.74) is 7.92. The van der Waals surface area contributed by atoms with Crippen LogP contribution >= 0.6 is 0 Å². The Hall–Kier alpha value is -1.80. The molecule has 154 valence electrons. The van der Waals surface area contributed by atoms with Gasteiger partial charge in [-0.3, -0.25) is 0 Å². The molecule has 0 fully saturated rings. The quantitative estimate of drug-likeness (QED) is 0.542. The van der Waals surface area contributed by atoms with E-state index in [1.54, 1.807) is 0 Å². The first-order valence-electron chi connectivity index (χ1n) is 10.3. The zero-order chi connectivity index (χ0) is 20.1. The molecule has 0 aromatic heterocycles. The van der Waals surface area contributed by atoms with Crippen LogP contribution in [0.2, 0.25) is 0 Å². The Bertz CT molecular complexity index is 737. The maximum absolute atomic E-state index is 3.59. The first-order chi connectivity index (χ1) is 12.7. The first-order valence-corrected chi connectivity index (χ1v) is 10.3. The highest BCUT2D eigenvalue weighted by Gasteiger charge is 2.17. The highest BCUT2D eigenvalue weighted by Crippen LogP contribution is 2.32. The van der Waals surface area contributed by atoms with E-state index in [4.69, 9.17) is 0 Å². The second-order valence-corrected chi connectivity index (χ2v) is 8.67. The van der Waals surface area contributed by atoms with Gasteiger partial charge in [0.2, 0.25) is 6.34 Å². The highest BCUT2D eigenvalue weighted by atomic mass is 35.5. The fraction of sp³-hybridized carbons (Fsp3) is 0.480. The maximum atomic E-state index is 3.59. The summed E-state index contributed by atoms with van der Waals surface area (Å²) in [5, 5.41) is 3.59. The predicted octanol–water partition coefficient (Wildman–Crippen LogP) is 3.04. The van der Waals surface area contributed by atoms with Crippen LogP contribution in [0.3, 0.4) is 0 Å². The SMILES string of the molecule is CC(C)c1cccc(C(C)C)c1NC=[NH+]c1c(C(C)C)cccc1C(C)C.[Cl-]. The van der Waals surface area contributed by atoms with Gasteiger partial charge in [0.1, 0.15) is 11.4 Å². The Labute approximate surface area is 178 Å². The molecular formula is C25H37ClN2. The molecular weight excluding hydrogens is 364 g/mol. The number of rotatable bonds is 7. The van der Waals surface area contributed by atoms with Crippen LogP contribution in [0, 0.1) is 0 Å². The third-order valence-electron chi connectivity index (χ3n) is 5.18. The summed E-state index contributed by atoms with van der Waals surface area (Å²) in [7, 11) is 0. The molecule has 0 heterocycles. The van der Waals surface area contributed by atoms with Crippen molar-refractivity contribution >= 4 is 17.7 Å².